The van der Waals surface area contributed by atoms with Gasteiger partial charge < -0.3 is 10.2 Å². The molecule has 0 spiro atoms. The summed E-state index contributed by atoms with van der Waals surface area (Å²) < 4.78 is 0. The molecule has 0 aromatic carbocycles. The highest BCUT2D eigenvalue weighted by Gasteiger charge is 2.19. The van der Waals surface area contributed by atoms with Crippen molar-refractivity contribution in [1.82, 2.24) is 10.2 Å². The minimum Gasteiger partial charge on any atom is -0.342 e. The number of hydrogen-bond donors (Lipinski definition) is 1. The molecule has 100 valence electrons. The van der Waals surface area contributed by atoms with Gasteiger partial charge in [-0.25, -0.2) is 0 Å². The van der Waals surface area contributed by atoms with Crippen LogP contribution < -0.4 is 5.32 Å². The Morgan fingerprint density at radius 2 is 2.35 bits per heavy atom. The van der Waals surface area contributed by atoms with Gasteiger partial charge in [-0.1, -0.05) is 6.92 Å². The summed E-state index contributed by atoms with van der Waals surface area (Å²) in [5.41, 5.74) is 0. The van der Waals surface area contributed by atoms with Gasteiger partial charge in [-0.2, -0.15) is 11.8 Å². The van der Waals surface area contributed by atoms with Crippen LogP contribution in [0.15, 0.2) is 0 Å². The van der Waals surface area contributed by atoms with Crippen LogP contribution in [0.5, 0.6) is 0 Å². The number of amides is 1. The number of rotatable bonds is 7. The summed E-state index contributed by atoms with van der Waals surface area (Å²) in [5, 5.41) is 3.42. The van der Waals surface area contributed by atoms with Crippen LogP contribution in [-0.4, -0.2) is 49.0 Å². The monoisotopic (exact) mass is 258 g/mol. The van der Waals surface area contributed by atoms with E-state index in [1.807, 2.05) is 0 Å². The predicted octanol–water partition coefficient (Wildman–Crippen LogP) is 1.98. The third-order valence-corrected chi connectivity index (χ3v) is 3.86. The first-order valence-electron chi connectivity index (χ1n) is 6.75. The normalized spacial score (nSPS) is 20.2. The highest BCUT2D eigenvalue weighted by Crippen LogP contribution is 2.13. The molecule has 0 aliphatic carbocycles. The Morgan fingerprint density at radius 3 is 2.94 bits per heavy atom. The first kappa shape index (κ1) is 14.8. The number of carbonyl (C=O) groups excluding carboxylic acids is 1. The fourth-order valence-corrected chi connectivity index (χ4v) is 2.71. The molecule has 0 bridgehead atoms. The van der Waals surface area contributed by atoms with E-state index in [1.54, 1.807) is 11.8 Å². The van der Waals surface area contributed by atoms with Gasteiger partial charge in [0.15, 0.2) is 0 Å². The van der Waals surface area contributed by atoms with Crippen LogP contribution >= 0.6 is 11.8 Å². The average molecular weight is 258 g/mol. The van der Waals surface area contributed by atoms with Gasteiger partial charge in [0.05, 0.1) is 0 Å². The summed E-state index contributed by atoms with van der Waals surface area (Å²) >= 11 is 1.75. The Balaban J connectivity index is 2.37. The third-order valence-electron chi connectivity index (χ3n) is 3.24. The molecule has 4 heteroatoms. The first-order valence-corrected chi connectivity index (χ1v) is 8.14. The van der Waals surface area contributed by atoms with Gasteiger partial charge in [0.25, 0.3) is 0 Å². The van der Waals surface area contributed by atoms with E-state index in [2.05, 4.69) is 23.4 Å². The van der Waals surface area contributed by atoms with E-state index in [0.29, 0.717) is 18.2 Å². The zero-order valence-electron chi connectivity index (χ0n) is 11.2. The van der Waals surface area contributed by atoms with Crippen LogP contribution in [-0.2, 0) is 4.79 Å². The summed E-state index contributed by atoms with van der Waals surface area (Å²) in [7, 11) is 0. The molecule has 0 aromatic heterocycles. The maximum Gasteiger partial charge on any atom is 0.223 e. The lowest BCUT2D eigenvalue weighted by atomic mass is 9.99. The molecule has 1 aliphatic heterocycles. The van der Waals surface area contributed by atoms with Gasteiger partial charge in [-0.05, 0) is 44.5 Å². The Kier molecular flexibility index (Phi) is 7.69. The number of nitrogens with zero attached hydrogens (tertiary/aromatic N) is 1. The zero-order chi connectivity index (χ0) is 12.5. The van der Waals surface area contributed by atoms with Crippen molar-refractivity contribution in [2.24, 2.45) is 5.92 Å². The molecule has 1 rings (SSSR count). The average Bonchev–Trinajstić information content (AvgIpc) is 2.36. The maximum atomic E-state index is 12.1. The lowest BCUT2D eigenvalue weighted by Crippen LogP contribution is -2.41. The van der Waals surface area contributed by atoms with Crippen LogP contribution in [0, 0.1) is 5.92 Å². The molecular formula is C13H26N2OS. The number of nitrogens with one attached hydrogen (secondary N) is 1. The molecule has 1 aliphatic rings. The van der Waals surface area contributed by atoms with E-state index >= 15 is 0 Å². The standard InChI is InChI=1S/C13H26N2OS/c1-3-8-15(13(16)6-9-17-2)11-12-5-4-7-14-10-12/h12,14H,3-11H2,1-2H3. The van der Waals surface area contributed by atoms with Gasteiger partial charge in [0.1, 0.15) is 0 Å². The summed E-state index contributed by atoms with van der Waals surface area (Å²) in [6, 6.07) is 0. The third kappa shape index (κ3) is 5.77. The van der Waals surface area contributed by atoms with E-state index in [1.165, 1.54) is 12.8 Å². The second-order valence-electron chi connectivity index (χ2n) is 4.79. The highest BCUT2D eigenvalue weighted by molar-refractivity contribution is 7.98. The quantitative estimate of drug-likeness (QED) is 0.758. The molecule has 1 fully saturated rings. The summed E-state index contributed by atoms with van der Waals surface area (Å²) in [5.74, 6) is 1.95. The molecule has 1 unspecified atom stereocenters. The molecule has 3 nitrogen and oxygen atoms in total. The van der Waals surface area contributed by atoms with Crippen LogP contribution in [0.3, 0.4) is 0 Å². The van der Waals surface area contributed by atoms with Crippen molar-refractivity contribution < 1.29 is 4.79 Å². The molecule has 17 heavy (non-hydrogen) atoms. The number of hydrogen-bond acceptors (Lipinski definition) is 3. The molecule has 1 amide bonds. The van der Waals surface area contributed by atoms with Crippen molar-refractivity contribution in [3.8, 4) is 0 Å². The van der Waals surface area contributed by atoms with Crippen molar-refractivity contribution in [2.45, 2.75) is 32.6 Å². The van der Waals surface area contributed by atoms with Gasteiger partial charge in [0.2, 0.25) is 5.91 Å². The fourth-order valence-electron chi connectivity index (χ4n) is 2.33. The molecule has 0 radical (unpaired) electrons. The second-order valence-corrected chi connectivity index (χ2v) is 5.78. The number of piperidine rings is 1. The van der Waals surface area contributed by atoms with Gasteiger partial charge in [-0.3, -0.25) is 4.79 Å². The molecule has 1 atom stereocenters. The van der Waals surface area contributed by atoms with E-state index < -0.39 is 0 Å². The van der Waals surface area contributed by atoms with Crippen molar-refractivity contribution >= 4 is 17.7 Å². The minimum absolute atomic E-state index is 0.340. The predicted molar refractivity (Wildman–Crippen MR) is 75.5 cm³/mol. The van der Waals surface area contributed by atoms with Gasteiger partial charge in [-0.15, -0.1) is 0 Å². The van der Waals surface area contributed by atoms with Gasteiger partial charge in [0, 0.05) is 25.3 Å². The molecular weight excluding hydrogens is 232 g/mol. The van der Waals surface area contributed by atoms with Crippen molar-refractivity contribution in [3.05, 3.63) is 0 Å². The van der Waals surface area contributed by atoms with Crippen molar-refractivity contribution in [1.29, 1.82) is 0 Å². The lowest BCUT2D eigenvalue weighted by molar-refractivity contribution is -0.131. The van der Waals surface area contributed by atoms with Crippen LogP contribution in [0.25, 0.3) is 0 Å². The molecule has 1 N–H and O–H groups in total. The Bertz CT molecular complexity index is 217. The molecule has 0 saturated carbocycles. The Hall–Kier alpha value is -0.220. The summed E-state index contributed by atoms with van der Waals surface area (Å²) in [4.78, 5) is 14.1. The lowest BCUT2D eigenvalue weighted by Gasteiger charge is -2.30. The largest absolute Gasteiger partial charge is 0.342 e. The topological polar surface area (TPSA) is 32.3 Å². The summed E-state index contributed by atoms with van der Waals surface area (Å²) in [6.45, 7) is 6.24. The number of carbonyl (C=O) groups is 1. The molecule has 1 heterocycles. The number of thioether (sulfide) groups is 1. The minimum atomic E-state index is 0.340. The molecule has 1 saturated heterocycles. The molecule has 0 aromatic rings. The van der Waals surface area contributed by atoms with E-state index in [0.717, 1.165) is 38.4 Å². The van der Waals surface area contributed by atoms with Crippen LogP contribution in [0.1, 0.15) is 32.6 Å². The zero-order valence-corrected chi connectivity index (χ0v) is 12.0. The summed E-state index contributed by atoms with van der Waals surface area (Å²) in [6.07, 6.45) is 6.33. The van der Waals surface area contributed by atoms with Gasteiger partial charge >= 0.3 is 0 Å². The SMILES string of the molecule is CCCN(CC1CCCNC1)C(=O)CCSC. The fraction of sp³-hybridized carbons (Fsp3) is 0.923. The highest BCUT2D eigenvalue weighted by atomic mass is 32.2. The van der Waals surface area contributed by atoms with Crippen LogP contribution in [0.2, 0.25) is 0 Å². The van der Waals surface area contributed by atoms with E-state index in [4.69, 9.17) is 0 Å². The Labute approximate surface area is 110 Å². The van der Waals surface area contributed by atoms with E-state index in [9.17, 15) is 4.79 Å². The van der Waals surface area contributed by atoms with Crippen LogP contribution in [0.4, 0.5) is 0 Å². The van der Waals surface area contributed by atoms with Crippen molar-refractivity contribution in [3.63, 3.8) is 0 Å². The maximum absolute atomic E-state index is 12.1. The first-order chi connectivity index (χ1) is 8.27. The smallest absolute Gasteiger partial charge is 0.223 e. The van der Waals surface area contributed by atoms with Crippen molar-refractivity contribution in [2.75, 3.05) is 38.2 Å². The van der Waals surface area contributed by atoms with E-state index in [-0.39, 0.29) is 0 Å². The Morgan fingerprint density at radius 1 is 1.53 bits per heavy atom. The second kappa shape index (κ2) is 8.81.